The molecule has 0 saturated carbocycles. The molecule has 2 aromatic rings. The first-order valence-corrected chi connectivity index (χ1v) is 10.2. The van der Waals surface area contributed by atoms with Gasteiger partial charge in [-0.2, -0.15) is 0 Å². The van der Waals surface area contributed by atoms with E-state index < -0.39 is 11.5 Å². The van der Waals surface area contributed by atoms with Crippen molar-refractivity contribution in [3.63, 3.8) is 0 Å². The quantitative estimate of drug-likeness (QED) is 0.611. The van der Waals surface area contributed by atoms with Crippen LogP contribution in [-0.2, 0) is 5.60 Å². The predicted octanol–water partition coefficient (Wildman–Crippen LogP) is 5.71. The third-order valence-electron chi connectivity index (χ3n) is 5.18. The third-order valence-corrected chi connectivity index (χ3v) is 6.28. The number of carbonyl (C=O) groups is 1. The smallest absolute Gasteiger partial charge is 0.171 e. The molecular formula is C20H19Cl4NO2. The Morgan fingerprint density at radius 2 is 1.74 bits per heavy atom. The van der Waals surface area contributed by atoms with E-state index in [-0.39, 0.29) is 10.8 Å². The second kappa shape index (κ2) is 8.28. The number of rotatable bonds is 4. The lowest BCUT2D eigenvalue weighted by Gasteiger charge is -2.44. The summed E-state index contributed by atoms with van der Waals surface area (Å²) in [6.07, 6.45) is 0.379. The lowest BCUT2D eigenvalue weighted by Crippen LogP contribution is -2.53. The Balaban J connectivity index is 2.07. The van der Waals surface area contributed by atoms with Gasteiger partial charge in [0.05, 0.1) is 10.9 Å². The summed E-state index contributed by atoms with van der Waals surface area (Å²) in [5.74, 6) is -0.952. The van der Waals surface area contributed by atoms with Gasteiger partial charge in [-0.3, -0.25) is 4.79 Å². The number of Topliss-reactive ketones (excluding diaryl/α,β-unsaturated/α-hetero) is 1. The zero-order valence-corrected chi connectivity index (χ0v) is 17.7. The molecule has 2 atom stereocenters. The van der Waals surface area contributed by atoms with Crippen molar-refractivity contribution in [2.75, 3.05) is 19.6 Å². The van der Waals surface area contributed by atoms with Crippen LogP contribution in [0.2, 0.25) is 20.1 Å². The maximum Gasteiger partial charge on any atom is 0.171 e. The van der Waals surface area contributed by atoms with E-state index in [2.05, 4.69) is 4.90 Å². The van der Waals surface area contributed by atoms with Crippen LogP contribution in [0.1, 0.15) is 29.3 Å². The van der Waals surface area contributed by atoms with Gasteiger partial charge in [0.2, 0.25) is 0 Å². The summed E-state index contributed by atoms with van der Waals surface area (Å²) >= 11 is 24.6. The minimum Gasteiger partial charge on any atom is -0.384 e. The standard InChI is InChI=1S/C20H19Cl4NO2/c1-2-25-8-7-20(27,15-6-4-13(22)10-18(15)24)16(11-25)19(26)14-5-3-12(21)9-17(14)23/h3-6,9-10,16,27H,2,7-8,11H2,1H3/t16-,20+/m0/s1. The van der Waals surface area contributed by atoms with E-state index in [0.717, 1.165) is 6.54 Å². The topological polar surface area (TPSA) is 40.5 Å². The van der Waals surface area contributed by atoms with Crippen LogP contribution < -0.4 is 0 Å². The monoisotopic (exact) mass is 445 g/mol. The van der Waals surface area contributed by atoms with E-state index in [4.69, 9.17) is 46.4 Å². The predicted molar refractivity (Wildman–Crippen MR) is 111 cm³/mol. The minimum atomic E-state index is -1.41. The minimum absolute atomic E-state index is 0.233. The first-order chi connectivity index (χ1) is 12.8. The molecule has 0 bridgehead atoms. The summed E-state index contributed by atoms with van der Waals surface area (Å²) in [5.41, 5.74) is -0.562. The largest absolute Gasteiger partial charge is 0.384 e. The number of likely N-dealkylation sites (tertiary alicyclic amines) is 1. The molecule has 0 aromatic heterocycles. The first-order valence-electron chi connectivity index (χ1n) is 8.65. The molecule has 27 heavy (non-hydrogen) atoms. The van der Waals surface area contributed by atoms with Crippen LogP contribution in [0.4, 0.5) is 0 Å². The van der Waals surface area contributed by atoms with E-state index in [1.165, 1.54) is 6.07 Å². The fourth-order valence-corrected chi connectivity index (χ4v) is 4.70. The fraction of sp³-hybridized carbons (Fsp3) is 0.350. The molecule has 1 N–H and O–H groups in total. The van der Waals surface area contributed by atoms with Crippen LogP contribution in [0.15, 0.2) is 36.4 Å². The van der Waals surface area contributed by atoms with Crippen LogP contribution in [0, 0.1) is 5.92 Å². The summed E-state index contributed by atoms with van der Waals surface area (Å²) in [5, 5.41) is 13.2. The number of aliphatic hydroxyl groups is 1. The van der Waals surface area contributed by atoms with Crippen molar-refractivity contribution in [3.05, 3.63) is 67.6 Å². The highest BCUT2D eigenvalue weighted by atomic mass is 35.5. The SMILES string of the molecule is CCN1CC[C@@](O)(c2ccc(Cl)cc2Cl)[C@H](C(=O)c2ccc(Cl)cc2Cl)C1. The summed E-state index contributed by atoms with van der Waals surface area (Å²) in [4.78, 5) is 15.5. The maximum absolute atomic E-state index is 13.4. The summed E-state index contributed by atoms with van der Waals surface area (Å²) in [6.45, 7) is 3.87. The summed E-state index contributed by atoms with van der Waals surface area (Å²) in [7, 11) is 0. The van der Waals surface area contributed by atoms with Crippen molar-refractivity contribution in [1.29, 1.82) is 0 Å². The summed E-state index contributed by atoms with van der Waals surface area (Å²) in [6, 6.07) is 9.70. The molecule has 7 heteroatoms. The summed E-state index contributed by atoms with van der Waals surface area (Å²) < 4.78 is 0. The number of carbonyl (C=O) groups excluding carboxylic acids is 1. The molecule has 0 aliphatic carbocycles. The molecule has 3 rings (SSSR count). The van der Waals surface area contributed by atoms with Crippen molar-refractivity contribution in [3.8, 4) is 0 Å². The Morgan fingerprint density at radius 3 is 2.33 bits per heavy atom. The van der Waals surface area contributed by atoms with E-state index in [1.54, 1.807) is 30.3 Å². The van der Waals surface area contributed by atoms with Crippen LogP contribution in [0.25, 0.3) is 0 Å². The van der Waals surface area contributed by atoms with Gasteiger partial charge in [-0.1, -0.05) is 59.4 Å². The van der Waals surface area contributed by atoms with Gasteiger partial charge in [0.1, 0.15) is 5.60 Å². The molecule has 1 fully saturated rings. The van der Waals surface area contributed by atoms with Crippen LogP contribution >= 0.6 is 46.4 Å². The van der Waals surface area contributed by atoms with Crippen molar-refractivity contribution < 1.29 is 9.90 Å². The fourth-order valence-electron chi connectivity index (χ4n) is 3.63. The molecule has 1 aliphatic rings. The van der Waals surface area contributed by atoms with Gasteiger partial charge in [-0.25, -0.2) is 0 Å². The average Bonchev–Trinajstić information content (AvgIpc) is 2.61. The van der Waals surface area contributed by atoms with E-state index in [9.17, 15) is 9.90 Å². The second-order valence-electron chi connectivity index (χ2n) is 6.73. The molecule has 3 nitrogen and oxygen atoms in total. The highest BCUT2D eigenvalue weighted by molar-refractivity contribution is 6.37. The van der Waals surface area contributed by atoms with Gasteiger partial charge in [0.25, 0.3) is 0 Å². The highest BCUT2D eigenvalue weighted by Gasteiger charge is 2.47. The van der Waals surface area contributed by atoms with Crippen molar-refractivity contribution in [2.24, 2.45) is 5.92 Å². The molecule has 144 valence electrons. The Kier molecular flexibility index (Phi) is 6.41. The number of hydrogen-bond donors (Lipinski definition) is 1. The number of ketones is 1. The van der Waals surface area contributed by atoms with Crippen LogP contribution in [0.3, 0.4) is 0 Å². The van der Waals surface area contributed by atoms with E-state index in [0.29, 0.717) is 45.7 Å². The number of benzene rings is 2. The number of halogens is 4. The van der Waals surface area contributed by atoms with Crippen molar-refractivity contribution >= 4 is 52.2 Å². The Hall–Kier alpha value is -0.810. The molecule has 0 unspecified atom stereocenters. The normalized spacial score (nSPS) is 23.4. The van der Waals surface area contributed by atoms with Gasteiger partial charge in [0, 0.05) is 39.3 Å². The van der Waals surface area contributed by atoms with Crippen molar-refractivity contribution in [1.82, 2.24) is 4.90 Å². The van der Waals surface area contributed by atoms with Crippen molar-refractivity contribution in [2.45, 2.75) is 18.9 Å². The van der Waals surface area contributed by atoms with Gasteiger partial charge in [0.15, 0.2) is 5.78 Å². The highest BCUT2D eigenvalue weighted by Crippen LogP contribution is 2.43. The van der Waals surface area contributed by atoms with E-state index >= 15 is 0 Å². The number of nitrogens with zero attached hydrogens (tertiary/aromatic N) is 1. The van der Waals surface area contributed by atoms with Gasteiger partial charge >= 0.3 is 0 Å². The zero-order chi connectivity index (χ0) is 19.8. The molecule has 1 aliphatic heterocycles. The molecule has 1 heterocycles. The second-order valence-corrected chi connectivity index (χ2v) is 8.42. The number of hydrogen-bond acceptors (Lipinski definition) is 3. The maximum atomic E-state index is 13.4. The Morgan fingerprint density at radius 1 is 1.11 bits per heavy atom. The van der Waals surface area contributed by atoms with Gasteiger partial charge in [-0.05, 0) is 43.3 Å². The number of piperidine rings is 1. The van der Waals surface area contributed by atoms with Gasteiger partial charge < -0.3 is 10.0 Å². The Labute approximate surface area is 178 Å². The molecular weight excluding hydrogens is 428 g/mol. The lowest BCUT2D eigenvalue weighted by atomic mass is 9.72. The first kappa shape index (κ1) is 20.9. The zero-order valence-electron chi connectivity index (χ0n) is 14.7. The Bertz CT molecular complexity index is 873. The third kappa shape index (κ3) is 4.14. The molecule has 0 radical (unpaired) electrons. The van der Waals surface area contributed by atoms with Crippen LogP contribution in [-0.4, -0.2) is 35.4 Å². The molecule has 1 saturated heterocycles. The molecule has 0 spiro atoms. The average molecular weight is 447 g/mol. The van der Waals surface area contributed by atoms with Gasteiger partial charge in [-0.15, -0.1) is 0 Å². The van der Waals surface area contributed by atoms with E-state index in [1.807, 2.05) is 6.92 Å². The van der Waals surface area contributed by atoms with Crippen LogP contribution in [0.5, 0.6) is 0 Å². The molecule has 0 amide bonds. The lowest BCUT2D eigenvalue weighted by molar-refractivity contribution is -0.0631. The molecule has 2 aromatic carbocycles.